The van der Waals surface area contributed by atoms with E-state index in [9.17, 15) is 4.79 Å². The van der Waals surface area contributed by atoms with E-state index in [0.717, 1.165) is 35.1 Å². The van der Waals surface area contributed by atoms with Gasteiger partial charge in [-0.25, -0.2) is 4.79 Å². The number of nitrogens with zero attached hydrogens (tertiary/aromatic N) is 1. The number of pyridine rings is 1. The summed E-state index contributed by atoms with van der Waals surface area (Å²) >= 11 is 0. The van der Waals surface area contributed by atoms with E-state index in [-0.39, 0.29) is 0 Å². The van der Waals surface area contributed by atoms with Crippen molar-refractivity contribution < 1.29 is 9.90 Å². The highest BCUT2D eigenvalue weighted by atomic mass is 16.4. The SMILES string of the molecule is O=C(O)c1ccc2nc(CC34CC5CC(CC(C5)C3)C4)ccc2c1. The Morgan fingerprint density at radius 1 is 1.04 bits per heavy atom. The molecule has 0 aliphatic heterocycles. The summed E-state index contributed by atoms with van der Waals surface area (Å²) in [6.07, 6.45) is 9.73. The molecule has 3 heteroatoms. The predicted octanol–water partition coefficient (Wildman–Crippen LogP) is 4.69. The van der Waals surface area contributed by atoms with Crippen LogP contribution in [0, 0.1) is 23.2 Å². The Kier molecular flexibility index (Phi) is 3.04. The number of aromatic carboxylic acids is 1. The lowest BCUT2D eigenvalue weighted by Crippen LogP contribution is -2.47. The van der Waals surface area contributed by atoms with Gasteiger partial charge in [0.15, 0.2) is 0 Å². The standard InChI is InChI=1S/C21H23NO2/c23-20(24)17-2-4-19-16(8-17)1-3-18(22-19)12-21-9-13-5-14(10-21)7-15(6-13)11-21/h1-4,8,13-15H,5-7,9-12H2,(H,23,24). The van der Waals surface area contributed by atoms with Crippen LogP contribution in [-0.2, 0) is 6.42 Å². The molecule has 0 amide bonds. The van der Waals surface area contributed by atoms with Gasteiger partial charge in [0.25, 0.3) is 0 Å². The number of rotatable bonds is 3. The molecule has 3 nitrogen and oxygen atoms in total. The van der Waals surface area contributed by atoms with Crippen molar-refractivity contribution in [2.24, 2.45) is 23.2 Å². The second-order valence-electron chi connectivity index (χ2n) is 8.61. The van der Waals surface area contributed by atoms with Gasteiger partial charge in [-0.3, -0.25) is 4.98 Å². The molecule has 0 atom stereocenters. The van der Waals surface area contributed by atoms with Crippen LogP contribution in [0.15, 0.2) is 30.3 Å². The molecule has 24 heavy (non-hydrogen) atoms. The number of hydrogen-bond acceptors (Lipinski definition) is 2. The molecule has 0 spiro atoms. The van der Waals surface area contributed by atoms with Gasteiger partial charge in [-0.15, -0.1) is 0 Å². The van der Waals surface area contributed by atoms with E-state index in [1.807, 2.05) is 12.1 Å². The fourth-order valence-electron chi connectivity index (χ4n) is 6.29. The summed E-state index contributed by atoms with van der Waals surface area (Å²) in [6, 6.07) is 9.39. The maximum absolute atomic E-state index is 11.1. The van der Waals surface area contributed by atoms with Gasteiger partial charge in [0, 0.05) is 11.1 Å². The van der Waals surface area contributed by atoms with Gasteiger partial charge in [-0.2, -0.15) is 0 Å². The molecule has 124 valence electrons. The van der Waals surface area contributed by atoms with Gasteiger partial charge in [-0.1, -0.05) is 6.07 Å². The van der Waals surface area contributed by atoms with Crippen LogP contribution < -0.4 is 0 Å². The fourth-order valence-corrected chi connectivity index (χ4v) is 6.29. The van der Waals surface area contributed by atoms with E-state index in [0.29, 0.717) is 11.0 Å². The lowest BCUT2D eigenvalue weighted by Gasteiger charge is -2.57. The van der Waals surface area contributed by atoms with Gasteiger partial charge in [0.1, 0.15) is 0 Å². The van der Waals surface area contributed by atoms with Gasteiger partial charge < -0.3 is 5.11 Å². The lowest BCUT2D eigenvalue weighted by molar-refractivity contribution is -0.0526. The van der Waals surface area contributed by atoms with Crippen LogP contribution in [0.5, 0.6) is 0 Å². The molecule has 1 aromatic carbocycles. The molecule has 4 saturated carbocycles. The van der Waals surface area contributed by atoms with E-state index in [1.165, 1.54) is 44.2 Å². The van der Waals surface area contributed by atoms with E-state index >= 15 is 0 Å². The monoisotopic (exact) mass is 321 g/mol. The molecule has 0 unspecified atom stereocenters. The second-order valence-corrected chi connectivity index (χ2v) is 8.61. The van der Waals surface area contributed by atoms with Gasteiger partial charge in [0.2, 0.25) is 0 Å². The summed E-state index contributed by atoms with van der Waals surface area (Å²) in [7, 11) is 0. The molecule has 4 aliphatic carbocycles. The average molecular weight is 321 g/mol. The first-order valence-corrected chi connectivity index (χ1v) is 9.22. The molecule has 4 bridgehead atoms. The van der Waals surface area contributed by atoms with Crippen LogP contribution in [0.3, 0.4) is 0 Å². The minimum absolute atomic E-state index is 0.332. The van der Waals surface area contributed by atoms with Gasteiger partial charge in [-0.05, 0) is 92.4 Å². The average Bonchev–Trinajstić information content (AvgIpc) is 2.52. The van der Waals surface area contributed by atoms with Crippen LogP contribution in [-0.4, -0.2) is 16.1 Å². The minimum atomic E-state index is -0.880. The van der Waals surface area contributed by atoms with Crippen molar-refractivity contribution in [3.05, 3.63) is 41.6 Å². The largest absolute Gasteiger partial charge is 0.478 e. The summed E-state index contributed by atoms with van der Waals surface area (Å²) in [5.41, 5.74) is 2.93. The van der Waals surface area contributed by atoms with Crippen LogP contribution in [0.25, 0.3) is 10.9 Å². The zero-order valence-corrected chi connectivity index (χ0v) is 13.9. The minimum Gasteiger partial charge on any atom is -0.478 e. The van der Waals surface area contributed by atoms with Crippen molar-refractivity contribution in [1.29, 1.82) is 0 Å². The third-order valence-corrected chi connectivity index (χ3v) is 6.72. The van der Waals surface area contributed by atoms with E-state index in [4.69, 9.17) is 10.1 Å². The zero-order valence-electron chi connectivity index (χ0n) is 13.9. The summed E-state index contributed by atoms with van der Waals surface area (Å²) in [5.74, 6) is 2.02. The van der Waals surface area contributed by atoms with E-state index < -0.39 is 5.97 Å². The van der Waals surface area contributed by atoms with Crippen molar-refractivity contribution in [1.82, 2.24) is 4.98 Å². The molecule has 1 aromatic heterocycles. The van der Waals surface area contributed by atoms with Crippen molar-refractivity contribution >= 4 is 16.9 Å². The molecule has 1 N–H and O–H groups in total. The Bertz CT molecular complexity index is 790. The second kappa shape index (κ2) is 5.05. The van der Waals surface area contributed by atoms with E-state index in [2.05, 4.69) is 6.07 Å². The summed E-state index contributed by atoms with van der Waals surface area (Å²) in [5, 5.41) is 10.0. The van der Waals surface area contributed by atoms with Crippen molar-refractivity contribution in [3.63, 3.8) is 0 Å². The van der Waals surface area contributed by atoms with Crippen molar-refractivity contribution in [2.45, 2.75) is 44.9 Å². The number of carbonyl (C=O) groups is 1. The molecular weight excluding hydrogens is 298 g/mol. The predicted molar refractivity (Wildman–Crippen MR) is 93.0 cm³/mol. The van der Waals surface area contributed by atoms with Crippen LogP contribution in [0.1, 0.15) is 54.6 Å². The number of carboxylic acid groups (broad SMARTS) is 1. The topological polar surface area (TPSA) is 50.2 Å². The third kappa shape index (κ3) is 2.33. The molecular formula is C21H23NO2. The zero-order chi connectivity index (χ0) is 16.3. The maximum Gasteiger partial charge on any atom is 0.335 e. The smallest absolute Gasteiger partial charge is 0.335 e. The summed E-state index contributed by atoms with van der Waals surface area (Å²) < 4.78 is 0. The number of aromatic nitrogens is 1. The quantitative estimate of drug-likeness (QED) is 0.892. The van der Waals surface area contributed by atoms with Gasteiger partial charge in [0.05, 0.1) is 11.1 Å². The summed E-state index contributed by atoms with van der Waals surface area (Å²) in [4.78, 5) is 16.0. The van der Waals surface area contributed by atoms with Gasteiger partial charge >= 0.3 is 5.97 Å². The molecule has 4 aliphatic rings. The molecule has 2 aromatic rings. The highest BCUT2D eigenvalue weighted by Gasteiger charge is 2.50. The number of hydrogen-bond donors (Lipinski definition) is 1. The lowest BCUT2D eigenvalue weighted by atomic mass is 9.48. The Labute approximate surface area is 142 Å². The molecule has 4 fully saturated rings. The first kappa shape index (κ1) is 14.4. The highest BCUT2D eigenvalue weighted by molar-refractivity contribution is 5.93. The maximum atomic E-state index is 11.1. The first-order chi connectivity index (χ1) is 11.6. The number of fused-ring (bicyclic) bond motifs is 1. The Balaban J connectivity index is 1.45. The van der Waals surface area contributed by atoms with Crippen LogP contribution in [0.2, 0.25) is 0 Å². The molecule has 1 heterocycles. The number of benzene rings is 1. The fraction of sp³-hybridized carbons (Fsp3) is 0.524. The van der Waals surface area contributed by atoms with E-state index in [1.54, 1.807) is 12.1 Å². The van der Waals surface area contributed by atoms with Crippen LogP contribution in [0.4, 0.5) is 0 Å². The highest BCUT2D eigenvalue weighted by Crippen LogP contribution is 2.60. The van der Waals surface area contributed by atoms with Crippen molar-refractivity contribution in [3.8, 4) is 0 Å². The van der Waals surface area contributed by atoms with Crippen LogP contribution >= 0.6 is 0 Å². The Morgan fingerprint density at radius 2 is 1.71 bits per heavy atom. The molecule has 0 radical (unpaired) electrons. The third-order valence-electron chi connectivity index (χ3n) is 6.72. The first-order valence-electron chi connectivity index (χ1n) is 9.22. The normalized spacial score (nSPS) is 33.9. The Morgan fingerprint density at radius 3 is 2.33 bits per heavy atom. The molecule has 0 saturated heterocycles. The van der Waals surface area contributed by atoms with Crippen molar-refractivity contribution in [2.75, 3.05) is 0 Å². The number of carboxylic acids is 1. The molecule has 6 rings (SSSR count). The summed E-state index contributed by atoms with van der Waals surface area (Å²) in [6.45, 7) is 0. The Hall–Kier alpha value is -1.90.